The Morgan fingerprint density at radius 1 is 1.37 bits per heavy atom. The van der Waals surface area contributed by atoms with Gasteiger partial charge in [0.1, 0.15) is 5.69 Å². The molecule has 0 saturated heterocycles. The quantitative estimate of drug-likeness (QED) is 0.300. The number of hydrogen-bond acceptors (Lipinski definition) is 7. The number of aromatic nitrogens is 3. The molecule has 0 radical (unpaired) electrons. The predicted molar refractivity (Wildman–Crippen MR) is 99.7 cm³/mol. The Labute approximate surface area is 159 Å². The van der Waals surface area contributed by atoms with Gasteiger partial charge in [-0.3, -0.25) is 4.55 Å². The maximum Gasteiger partial charge on any atom is 0.403 e. The molecule has 0 amide bonds. The fourth-order valence-corrected chi connectivity index (χ4v) is 2.89. The molecule has 1 aromatic heterocycles. The smallest absolute Gasteiger partial charge is 0.372 e. The van der Waals surface area contributed by atoms with Crippen LogP contribution in [0, 0.1) is 6.92 Å². The van der Waals surface area contributed by atoms with Gasteiger partial charge in [0, 0.05) is 23.9 Å². The minimum atomic E-state index is -4.39. The zero-order valence-electron chi connectivity index (χ0n) is 15.9. The van der Waals surface area contributed by atoms with Crippen LogP contribution in [0.4, 0.5) is 17.3 Å². The Balaban J connectivity index is 2.05. The number of aryl methyl sites for hydroxylation is 3. The van der Waals surface area contributed by atoms with Gasteiger partial charge in [-0.15, -0.1) is 4.68 Å². The molecule has 0 aliphatic heterocycles. The van der Waals surface area contributed by atoms with E-state index < -0.39 is 10.4 Å². The average molecular weight is 397 g/mol. The van der Waals surface area contributed by atoms with E-state index in [4.69, 9.17) is 4.55 Å². The highest BCUT2D eigenvalue weighted by atomic mass is 32.3. The van der Waals surface area contributed by atoms with Crippen LogP contribution in [0.3, 0.4) is 0 Å². The van der Waals surface area contributed by atoms with E-state index in [1.165, 1.54) is 0 Å². The molecule has 148 valence electrons. The van der Waals surface area contributed by atoms with Crippen molar-refractivity contribution in [2.75, 3.05) is 24.6 Å². The predicted octanol–water partition coefficient (Wildman–Crippen LogP) is 2.00. The second-order valence-electron chi connectivity index (χ2n) is 6.02. The van der Waals surface area contributed by atoms with Crippen molar-refractivity contribution in [3.05, 3.63) is 30.1 Å². The van der Waals surface area contributed by atoms with E-state index in [2.05, 4.69) is 24.4 Å². The van der Waals surface area contributed by atoms with Gasteiger partial charge in [-0.2, -0.15) is 8.42 Å². The van der Waals surface area contributed by atoms with Crippen LogP contribution in [0.5, 0.6) is 0 Å². The van der Waals surface area contributed by atoms with Crippen LogP contribution >= 0.6 is 0 Å². The van der Waals surface area contributed by atoms with Crippen molar-refractivity contribution >= 4 is 27.7 Å². The van der Waals surface area contributed by atoms with Gasteiger partial charge in [0.25, 0.3) is 0 Å². The van der Waals surface area contributed by atoms with E-state index in [1.54, 1.807) is 22.6 Å². The lowest BCUT2D eigenvalue weighted by molar-refractivity contribution is -0.659. The Bertz CT molecular complexity index is 890. The van der Waals surface area contributed by atoms with Crippen LogP contribution in [0.1, 0.15) is 18.9 Å². The van der Waals surface area contributed by atoms with Gasteiger partial charge in [0.15, 0.2) is 0 Å². The fraction of sp³-hybridized carbons (Fsp3) is 0.500. The Hall–Kier alpha value is -2.37. The van der Waals surface area contributed by atoms with Gasteiger partial charge >= 0.3 is 16.3 Å². The molecule has 2 rings (SSSR count). The van der Waals surface area contributed by atoms with Crippen molar-refractivity contribution in [3.8, 4) is 0 Å². The van der Waals surface area contributed by atoms with Crippen molar-refractivity contribution in [1.29, 1.82) is 0 Å². The summed E-state index contributed by atoms with van der Waals surface area (Å²) in [6, 6.07) is 5.84. The molecule has 0 fully saturated rings. The van der Waals surface area contributed by atoms with Crippen molar-refractivity contribution in [2.45, 2.75) is 20.3 Å². The summed E-state index contributed by atoms with van der Waals surface area (Å²) in [5, 5.41) is 12.7. The lowest BCUT2D eigenvalue weighted by atomic mass is 10.1. The second-order valence-corrected chi connectivity index (χ2v) is 7.11. The molecular weight excluding hydrogens is 372 g/mol. The summed E-state index contributed by atoms with van der Waals surface area (Å²) < 4.78 is 37.5. The third-order valence-electron chi connectivity index (χ3n) is 3.98. The zero-order valence-corrected chi connectivity index (χ0v) is 16.7. The van der Waals surface area contributed by atoms with Crippen LogP contribution < -0.4 is 9.47 Å². The van der Waals surface area contributed by atoms with Gasteiger partial charge in [-0.25, -0.2) is 8.75 Å². The molecule has 0 bridgehead atoms. The molecule has 0 saturated carbocycles. The number of anilines is 1. The summed E-state index contributed by atoms with van der Waals surface area (Å²) in [4.78, 5) is 2.09. The number of azo groups is 1. The first kappa shape index (κ1) is 20.9. The average Bonchev–Trinajstić information content (AvgIpc) is 2.91. The molecule has 0 aliphatic carbocycles. The molecule has 10 nitrogen and oxygen atoms in total. The maximum absolute atomic E-state index is 10.6. The van der Waals surface area contributed by atoms with Gasteiger partial charge < -0.3 is 4.90 Å². The van der Waals surface area contributed by atoms with Crippen molar-refractivity contribution in [3.63, 3.8) is 0 Å². The first-order valence-electron chi connectivity index (χ1n) is 8.48. The fourth-order valence-electron chi connectivity index (χ4n) is 2.56. The molecule has 11 heteroatoms. The Morgan fingerprint density at radius 3 is 2.67 bits per heavy atom. The van der Waals surface area contributed by atoms with Gasteiger partial charge in [0.2, 0.25) is 6.33 Å². The third kappa shape index (κ3) is 6.08. The van der Waals surface area contributed by atoms with E-state index in [0.717, 1.165) is 23.5 Å². The van der Waals surface area contributed by atoms with E-state index in [9.17, 15) is 8.42 Å². The standard InChI is InChI=1S/C16H24N6O4S/c1-5-22(9-6-10-26-27(23,24)25)14-7-8-15(13(2)11-14)18-19-16-20(3)12-17-21(16)4/h7-8,11-12H,5-6,9-10H2,1-4H3/p+1. The lowest BCUT2D eigenvalue weighted by Gasteiger charge is -2.23. The third-order valence-corrected chi connectivity index (χ3v) is 4.45. The minimum absolute atomic E-state index is 0.0671. The monoisotopic (exact) mass is 397 g/mol. The molecule has 1 aromatic carbocycles. The number of nitrogens with zero attached hydrogens (tertiary/aromatic N) is 6. The highest BCUT2D eigenvalue weighted by Gasteiger charge is 2.12. The van der Waals surface area contributed by atoms with Crippen molar-refractivity contribution in [2.24, 2.45) is 24.3 Å². The molecular formula is C16H25N6O4S+. The number of rotatable bonds is 9. The first-order valence-corrected chi connectivity index (χ1v) is 9.84. The van der Waals surface area contributed by atoms with E-state index in [0.29, 0.717) is 18.9 Å². The molecule has 1 heterocycles. The van der Waals surface area contributed by atoms with Crippen LogP contribution in [0.2, 0.25) is 0 Å². The largest absolute Gasteiger partial charge is 0.403 e. The van der Waals surface area contributed by atoms with Crippen LogP contribution in [-0.2, 0) is 28.7 Å². The minimum Gasteiger partial charge on any atom is -0.372 e. The molecule has 0 atom stereocenters. The molecule has 0 aliphatic rings. The van der Waals surface area contributed by atoms with Crippen molar-refractivity contribution in [1.82, 2.24) is 9.78 Å². The van der Waals surface area contributed by atoms with Gasteiger partial charge in [0.05, 0.1) is 20.7 Å². The maximum atomic E-state index is 10.6. The Morgan fingerprint density at radius 2 is 2.11 bits per heavy atom. The Kier molecular flexibility index (Phi) is 6.99. The van der Waals surface area contributed by atoms with Crippen molar-refractivity contribution < 1.29 is 21.7 Å². The lowest BCUT2D eigenvalue weighted by Crippen LogP contribution is -2.25. The normalized spacial score (nSPS) is 12.0. The summed E-state index contributed by atoms with van der Waals surface area (Å²) in [5.74, 6) is 0.632. The highest BCUT2D eigenvalue weighted by molar-refractivity contribution is 7.80. The SMILES string of the molecule is CCN(CCCOS(=O)(=O)O)c1ccc(N=Nc2n(C)nc[n+]2C)c(C)c1. The topological polar surface area (TPSA) is 113 Å². The van der Waals surface area contributed by atoms with Gasteiger partial charge in [-0.05, 0) is 49.1 Å². The summed E-state index contributed by atoms with van der Waals surface area (Å²) >= 11 is 0. The summed E-state index contributed by atoms with van der Waals surface area (Å²) in [6.45, 7) is 5.24. The number of benzene rings is 1. The summed E-state index contributed by atoms with van der Waals surface area (Å²) in [7, 11) is -0.736. The molecule has 1 N–H and O–H groups in total. The molecule has 2 aromatic rings. The molecule has 27 heavy (non-hydrogen) atoms. The van der Waals surface area contributed by atoms with E-state index in [-0.39, 0.29) is 6.61 Å². The molecule has 0 spiro atoms. The summed E-state index contributed by atoms with van der Waals surface area (Å²) in [6.07, 6.45) is 2.13. The van der Waals surface area contributed by atoms with Crippen LogP contribution in [0.25, 0.3) is 0 Å². The molecule has 0 unspecified atom stereocenters. The van der Waals surface area contributed by atoms with E-state index >= 15 is 0 Å². The zero-order chi connectivity index (χ0) is 20.0. The highest BCUT2D eigenvalue weighted by Crippen LogP contribution is 2.26. The van der Waals surface area contributed by atoms with Crippen LogP contribution in [-0.4, -0.2) is 42.4 Å². The van der Waals surface area contributed by atoms with E-state index in [1.807, 2.05) is 39.1 Å². The number of hydrogen-bond donors (Lipinski definition) is 1. The second kappa shape index (κ2) is 9.02. The van der Waals surface area contributed by atoms with Crippen LogP contribution in [0.15, 0.2) is 34.8 Å². The summed E-state index contributed by atoms with van der Waals surface area (Å²) in [5.41, 5.74) is 2.71. The first-order chi connectivity index (χ1) is 12.7. The van der Waals surface area contributed by atoms with Gasteiger partial charge in [-0.1, -0.05) is 5.11 Å².